The van der Waals surface area contributed by atoms with Crippen LogP contribution >= 0.6 is 7.82 Å². The topological polar surface area (TPSA) is 222 Å². The van der Waals surface area contributed by atoms with E-state index in [0.717, 1.165) is 171 Å². The van der Waals surface area contributed by atoms with E-state index in [0.29, 0.717) is 81.8 Å². The molecule has 0 radical (unpaired) electrons. The zero-order valence-electron chi connectivity index (χ0n) is 66.3. The van der Waals surface area contributed by atoms with Crippen LogP contribution in [0.4, 0.5) is 0 Å². The number of carbonyl (C=O) groups is 1. The molecular formula is C89H139N6O9P. The Morgan fingerprint density at radius 1 is 0.533 bits per heavy atom. The van der Waals surface area contributed by atoms with Gasteiger partial charge in [0.2, 0.25) is 0 Å². The van der Waals surface area contributed by atoms with Crippen molar-refractivity contribution in [2.45, 2.75) is 312 Å². The van der Waals surface area contributed by atoms with Crippen LogP contribution in [0.2, 0.25) is 0 Å². The van der Waals surface area contributed by atoms with Gasteiger partial charge in [0.1, 0.15) is 11.5 Å². The predicted molar refractivity (Wildman–Crippen MR) is 417 cm³/mol. The standard InChI is InChI=1S/C36H51O5P.C30H49N3O3.C23H39N3O/c1-26(11-10-24-39-42(38,40-29-12-6-4-7-13-29)41-30-14-8-5-9-15-30)32-18-19-33-31-17-16-27-25-28(37)20-22-35(27,2)34(31)21-23-36(32,33)3;1-20(6-5-17-33-19-22(31-32-33)7-4-8-28(35)36)25-11-12-26-24-10-9-21-18-23(34)13-15-29(21,2)27(24)14-16-30(25,26)3;1-15(10-13-25-26-24)19-6-7-20-18-5-4-16-14-17(27)8-11-22(16,2)21(18)9-12-23(19,20)3/h4-9,12-15,26-28,31-34,37H,10-11,16-25H2,1-3H3;19-21,23-27,34H,4-18H2,1-3H3,(H,35,36);15-21,27H,4-14H2,1-3H3/t26-,27-,28-,31?,32?,33+,34?,35+,36-;20-,21-,23-,24?,25?,26+,27?,29+,30-;15-,16-,17-,18?,19?,20+,21?,22+,23-/m111/s1. The van der Waals surface area contributed by atoms with E-state index in [1.165, 1.54) is 141 Å². The van der Waals surface area contributed by atoms with Crippen molar-refractivity contribution in [2.24, 2.45) is 144 Å². The number of fused-ring (bicyclic) bond motifs is 15. The second-order valence-corrected chi connectivity index (χ2v) is 40.7. The number of hydrogen-bond donors (Lipinski definition) is 4. The molecular weight excluding hydrogens is 1330 g/mol. The minimum absolute atomic E-state index is 0.0405. The monoisotopic (exact) mass is 1470 g/mol. The molecule has 0 amide bonds. The summed E-state index contributed by atoms with van der Waals surface area (Å²) in [7, 11) is -3.84. The number of carboxylic acids is 1. The van der Waals surface area contributed by atoms with E-state index in [1.54, 1.807) is 24.3 Å². The van der Waals surface area contributed by atoms with Gasteiger partial charge in [-0.05, 0) is 387 Å². The number of nitrogens with zero attached hydrogens (tertiary/aromatic N) is 6. The van der Waals surface area contributed by atoms with Crippen LogP contribution in [0.25, 0.3) is 10.4 Å². The lowest BCUT2D eigenvalue weighted by molar-refractivity contribution is -0.137. The van der Waals surface area contributed by atoms with Gasteiger partial charge in [-0.25, -0.2) is 4.57 Å². The number of aromatic nitrogens is 3. The van der Waals surface area contributed by atoms with Crippen LogP contribution in [0, 0.1) is 139 Å². The maximum absolute atomic E-state index is 13.7. The highest BCUT2D eigenvalue weighted by Crippen LogP contribution is 2.72. The molecule has 12 fully saturated rings. The molecule has 1 aromatic heterocycles. The molecule has 3 aromatic rings. The third-order valence-corrected chi connectivity index (χ3v) is 35.7. The van der Waals surface area contributed by atoms with Crippen LogP contribution in [0.5, 0.6) is 11.5 Å². The van der Waals surface area contributed by atoms with Crippen molar-refractivity contribution in [1.82, 2.24) is 15.0 Å². The molecule has 0 aliphatic heterocycles. The Kier molecular flexibility index (Phi) is 25.0. The SMILES string of the molecule is C[C@H](CCCOP(=O)(Oc1ccccc1)Oc1ccccc1)C1CC[C@H]2C3CC[C@@H]4C[C@H](O)CC[C@]4(C)C3CC[C@]12C.C[C@H](CCCn1cc(CCCC(=O)O)nn1)C1CC[C@H]2C3CC[C@@H]4C[C@H](O)CC[C@]4(C)C3CC[C@]12C.C[C@H](CCN=[N+]=[N-])C1CC[C@H]2C3CC[C@@H]4C[C@H](O)CC[C@]4(C)C3CC[C@]12C. The average molecular weight is 1470 g/mol. The zero-order chi connectivity index (χ0) is 74.1. The maximum Gasteiger partial charge on any atom is 0.587 e. The highest BCUT2D eigenvalue weighted by molar-refractivity contribution is 7.49. The number of rotatable bonds is 23. The van der Waals surface area contributed by atoms with Gasteiger partial charge >= 0.3 is 13.8 Å². The van der Waals surface area contributed by atoms with E-state index in [-0.39, 0.29) is 24.7 Å². The highest BCUT2D eigenvalue weighted by Gasteiger charge is 2.64. The number of aliphatic hydroxyl groups excluding tert-OH is 3. The number of aliphatic carboxylic acids is 1. The summed E-state index contributed by atoms with van der Waals surface area (Å²) in [5.74, 6) is 14.7. The lowest BCUT2D eigenvalue weighted by Gasteiger charge is -2.61. The molecule has 105 heavy (non-hydrogen) atoms. The van der Waals surface area contributed by atoms with Gasteiger partial charge in [0, 0.05) is 30.6 Å². The van der Waals surface area contributed by atoms with Gasteiger partial charge in [0.25, 0.3) is 0 Å². The van der Waals surface area contributed by atoms with Gasteiger partial charge in [-0.15, -0.1) is 5.10 Å². The number of phosphoric ester groups is 1. The molecule has 9 unspecified atom stereocenters. The second-order valence-electron chi connectivity index (χ2n) is 39.2. The summed E-state index contributed by atoms with van der Waals surface area (Å²) in [5.41, 5.74) is 12.3. The van der Waals surface area contributed by atoms with Crippen molar-refractivity contribution in [3.05, 3.63) is 83.0 Å². The molecule has 15 nitrogen and oxygen atoms in total. The first-order chi connectivity index (χ1) is 50.3. The lowest BCUT2D eigenvalue weighted by atomic mass is 9.44. The summed E-state index contributed by atoms with van der Waals surface area (Å²) >= 11 is 0. The fourth-order valence-electron chi connectivity index (χ4n) is 29.0. The van der Waals surface area contributed by atoms with E-state index in [4.69, 9.17) is 24.2 Å². The maximum atomic E-state index is 13.7. The van der Waals surface area contributed by atoms with Crippen molar-refractivity contribution < 1.29 is 43.4 Å². The number of benzene rings is 2. The fraction of sp³-hybridized carbons (Fsp3) is 0.831. The number of aryl methyl sites for hydroxylation is 2. The summed E-state index contributed by atoms with van der Waals surface area (Å²) in [5, 5.41) is 52.0. The minimum atomic E-state index is -3.84. The molecule has 1 heterocycles. The van der Waals surface area contributed by atoms with Gasteiger partial charge in [-0.3, -0.25) is 14.0 Å². The Hall–Kier alpha value is -3.97. The van der Waals surface area contributed by atoms with E-state index in [9.17, 15) is 24.7 Å². The molecule has 16 heteroatoms. The Morgan fingerprint density at radius 3 is 1.33 bits per heavy atom. The van der Waals surface area contributed by atoms with Crippen LogP contribution in [0.15, 0.2) is 72.0 Å². The largest absolute Gasteiger partial charge is 0.587 e. The first-order valence-electron chi connectivity index (χ1n) is 43.2. The number of aliphatic hydroxyl groups is 3. The summed E-state index contributed by atoms with van der Waals surface area (Å²) in [6, 6.07) is 18.2. The molecule has 0 saturated heterocycles. The lowest BCUT2D eigenvalue weighted by Crippen LogP contribution is -2.54. The van der Waals surface area contributed by atoms with Gasteiger partial charge < -0.3 is 29.5 Å². The molecule has 12 saturated carbocycles. The molecule has 4 N–H and O–H groups in total. The number of para-hydroxylation sites is 2. The summed E-state index contributed by atoms with van der Waals surface area (Å²) in [4.78, 5) is 13.7. The fourth-order valence-corrected chi connectivity index (χ4v) is 30.2. The Balaban J connectivity index is 0.000000143. The Morgan fingerprint density at radius 2 is 0.924 bits per heavy atom. The summed E-state index contributed by atoms with van der Waals surface area (Å²) in [6.07, 6.45) is 43.3. The quantitative estimate of drug-likeness (QED) is 0.0230. The van der Waals surface area contributed by atoms with Crippen molar-refractivity contribution >= 4 is 13.8 Å². The number of azide groups is 1. The van der Waals surface area contributed by atoms with Crippen LogP contribution in [-0.4, -0.2) is 72.9 Å². The van der Waals surface area contributed by atoms with Crippen molar-refractivity contribution in [2.75, 3.05) is 13.2 Å². The van der Waals surface area contributed by atoms with Crippen molar-refractivity contribution in [3.8, 4) is 11.5 Å². The molecule has 2 aromatic carbocycles. The highest BCUT2D eigenvalue weighted by atomic mass is 31.2. The van der Waals surface area contributed by atoms with E-state index in [2.05, 4.69) is 82.7 Å². The average Bonchev–Trinajstić information content (AvgIpc) is 1.69. The van der Waals surface area contributed by atoms with Crippen LogP contribution in [-0.2, 0) is 26.8 Å². The third kappa shape index (κ3) is 16.4. The molecule has 27 atom stereocenters. The van der Waals surface area contributed by atoms with Crippen molar-refractivity contribution in [3.63, 3.8) is 0 Å². The van der Waals surface area contributed by atoms with Crippen LogP contribution in [0.3, 0.4) is 0 Å². The van der Waals surface area contributed by atoms with Gasteiger partial charge in [-0.1, -0.05) is 109 Å². The molecule has 15 rings (SSSR count). The first-order valence-corrected chi connectivity index (χ1v) is 44.7. The second kappa shape index (κ2) is 33.1. The summed E-state index contributed by atoms with van der Waals surface area (Å²) < 4.78 is 33.2. The number of carboxylic acid groups (broad SMARTS) is 1. The Bertz CT molecular complexity index is 3380. The smallest absolute Gasteiger partial charge is 0.481 e. The predicted octanol–water partition coefficient (Wildman–Crippen LogP) is 22.2. The third-order valence-electron chi connectivity index (χ3n) is 34.4. The Labute approximate surface area is 632 Å². The molecule has 12 aliphatic rings. The molecule has 584 valence electrons. The zero-order valence-corrected chi connectivity index (χ0v) is 67.2. The normalized spacial score (nSPS) is 41.6. The molecule has 0 bridgehead atoms. The van der Waals surface area contributed by atoms with Gasteiger partial charge in [-0.2, -0.15) is 0 Å². The molecule has 0 spiro atoms. The molecule has 12 aliphatic carbocycles. The van der Waals surface area contributed by atoms with Gasteiger partial charge in [0.15, 0.2) is 0 Å². The van der Waals surface area contributed by atoms with Crippen molar-refractivity contribution in [1.29, 1.82) is 0 Å². The summed E-state index contributed by atoms with van der Waals surface area (Å²) in [6.45, 7) is 24.9. The van der Waals surface area contributed by atoms with Crippen LogP contribution in [0.1, 0.15) is 286 Å². The van der Waals surface area contributed by atoms with Crippen LogP contribution < -0.4 is 9.05 Å². The number of phosphoric acid groups is 1. The minimum Gasteiger partial charge on any atom is -0.481 e. The van der Waals surface area contributed by atoms with E-state index >= 15 is 0 Å². The van der Waals surface area contributed by atoms with Gasteiger partial charge in [0.05, 0.1) is 30.6 Å². The first kappa shape index (κ1) is 79.1. The number of hydrogen-bond acceptors (Lipinski definition) is 11. The van der Waals surface area contributed by atoms with E-state index < -0.39 is 13.8 Å². The van der Waals surface area contributed by atoms with E-state index in [1.807, 2.05) is 47.3 Å².